The van der Waals surface area contributed by atoms with E-state index in [1.165, 1.54) is 12.8 Å². The van der Waals surface area contributed by atoms with Gasteiger partial charge in [-0.3, -0.25) is 0 Å². The number of pyridine rings is 1. The molecule has 6 heteroatoms. The quantitative estimate of drug-likeness (QED) is 0.836. The second kappa shape index (κ2) is 4.61. The lowest BCUT2D eigenvalue weighted by molar-refractivity contribution is 0.981. The van der Waals surface area contributed by atoms with Crippen LogP contribution in [0.15, 0.2) is 18.3 Å². The summed E-state index contributed by atoms with van der Waals surface area (Å²) in [7, 11) is 0. The highest BCUT2D eigenvalue weighted by Crippen LogP contribution is 2.39. The molecule has 2 heterocycles. The molecule has 0 amide bonds. The number of aromatic amines is 1. The first-order valence-corrected chi connectivity index (χ1v) is 6.72. The predicted molar refractivity (Wildman–Crippen MR) is 74.6 cm³/mol. The van der Waals surface area contributed by atoms with Crippen LogP contribution in [0.25, 0.3) is 11.5 Å². The van der Waals surface area contributed by atoms with Gasteiger partial charge >= 0.3 is 0 Å². The highest BCUT2D eigenvalue weighted by atomic mass is 35.5. The molecule has 1 N–H and O–H groups in total. The minimum absolute atomic E-state index is 0.466. The summed E-state index contributed by atoms with van der Waals surface area (Å²) in [6.07, 6.45) is 3.93. The Hall–Kier alpha value is -0.970. The molecule has 18 heavy (non-hydrogen) atoms. The normalized spacial score (nSPS) is 14.8. The van der Waals surface area contributed by atoms with Gasteiger partial charge in [-0.1, -0.05) is 35.4 Å². The Balaban J connectivity index is 2.13. The van der Waals surface area contributed by atoms with Gasteiger partial charge in [-0.05, 0) is 30.9 Å². The van der Waals surface area contributed by atoms with E-state index in [0.717, 1.165) is 5.69 Å². The molecule has 0 bridgehead atoms. The average molecular weight is 298 g/mol. The van der Waals surface area contributed by atoms with Gasteiger partial charge in [0.15, 0.2) is 5.82 Å². The smallest absolute Gasteiger partial charge is 0.159 e. The second-order valence-electron chi connectivity index (χ2n) is 4.28. The molecule has 3 nitrogen and oxygen atoms in total. The lowest BCUT2D eigenvalue weighted by atomic mass is 10.2. The second-order valence-corrected chi connectivity index (χ2v) is 5.54. The Bertz CT molecular complexity index is 665. The zero-order valence-corrected chi connectivity index (χ0v) is 11.6. The van der Waals surface area contributed by atoms with E-state index in [-0.39, 0.29) is 0 Å². The van der Waals surface area contributed by atoms with Crippen LogP contribution < -0.4 is 0 Å². The maximum absolute atomic E-state index is 6.12. The highest BCUT2D eigenvalue weighted by Gasteiger charge is 2.25. The summed E-state index contributed by atoms with van der Waals surface area (Å²) in [5.41, 5.74) is 1.69. The Labute approximate surface area is 119 Å². The van der Waals surface area contributed by atoms with Crippen molar-refractivity contribution in [2.45, 2.75) is 18.8 Å². The Kier molecular flexibility index (Phi) is 3.09. The minimum Gasteiger partial charge on any atom is -0.342 e. The molecule has 0 atom stereocenters. The van der Waals surface area contributed by atoms with Crippen molar-refractivity contribution in [2.24, 2.45) is 0 Å². The van der Waals surface area contributed by atoms with Gasteiger partial charge in [0, 0.05) is 11.9 Å². The van der Waals surface area contributed by atoms with Gasteiger partial charge in [0.1, 0.15) is 10.3 Å². The van der Waals surface area contributed by atoms with Crippen LogP contribution in [0, 0.1) is 4.64 Å². The van der Waals surface area contributed by atoms with Crippen molar-refractivity contribution in [1.82, 2.24) is 15.0 Å². The number of rotatable bonds is 2. The summed E-state index contributed by atoms with van der Waals surface area (Å²) < 4.78 is 0.554. The molecule has 1 aliphatic rings. The zero-order chi connectivity index (χ0) is 12.7. The lowest BCUT2D eigenvalue weighted by Gasteiger charge is -2.06. The SMILES string of the molecule is S=c1cc(C2CC2)[nH]c(-c2ncc(Cl)cc2Cl)n1. The first kappa shape index (κ1) is 12.1. The van der Waals surface area contributed by atoms with Crippen LogP contribution in [0.3, 0.4) is 0 Å². The fourth-order valence-electron chi connectivity index (χ4n) is 1.79. The van der Waals surface area contributed by atoms with Gasteiger partial charge in [0.2, 0.25) is 0 Å². The van der Waals surface area contributed by atoms with Crippen molar-refractivity contribution in [3.05, 3.63) is 38.7 Å². The number of aromatic nitrogens is 3. The third-order valence-electron chi connectivity index (χ3n) is 2.81. The molecule has 1 saturated carbocycles. The van der Waals surface area contributed by atoms with Crippen LogP contribution in [0.2, 0.25) is 10.0 Å². The molecule has 92 valence electrons. The first-order chi connectivity index (χ1) is 8.63. The van der Waals surface area contributed by atoms with Gasteiger partial charge in [0.05, 0.1) is 10.0 Å². The van der Waals surface area contributed by atoms with E-state index in [2.05, 4.69) is 15.0 Å². The third kappa shape index (κ3) is 2.41. The number of hydrogen-bond donors (Lipinski definition) is 1. The minimum atomic E-state index is 0.466. The van der Waals surface area contributed by atoms with Gasteiger partial charge in [-0.25, -0.2) is 9.97 Å². The molecule has 0 spiro atoms. The summed E-state index contributed by atoms with van der Waals surface area (Å²) in [5, 5.41) is 0.967. The van der Waals surface area contributed by atoms with E-state index in [1.54, 1.807) is 12.3 Å². The molecule has 0 aliphatic heterocycles. The molecule has 1 aliphatic carbocycles. The molecule has 3 rings (SSSR count). The number of halogens is 2. The van der Waals surface area contributed by atoms with Crippen molar-refractivity contribution in [3.63, 3.8) is 0 Å². The zero-order valence-electron chi connectivity index (χ0n) is 9.28. The number of nitrogens with one attached hydrogen (secondary N) is 1. The molecule has 0 radical (unpaired) electrons. The van der Waals surface area contributed by atoms with E-state index in [4.69, 9.17) is 35.4 Å². The standard InChI is InChI=1S/C12H9Cl2N3S/c13-7-3-8(14)11(15-5-7)12-16-9(6-1-2-6)4-10(18)17-12/h3-6H,1-2H2,(H,16,17,18). The average Bonchev–Trinajstić information content (AvgIpc) is 3.11. The molecule has 0 saturated heterocycles. The molecule has 2 aromatic rings. The van der Waals surface area contributed by atoms with E-state index in [0.29, 0.717) is 32.1 Å². The number of nitrogens with zero attached hydrogens (tertiary/aromatic N) is 2. The number of H-pyrrole nitrogens is 1. The van der Waals surface area contributed by atoms with E-state index in [9.17, 15) is 0 Å². The van der Waals surface area contributed by atoms with Crippen molar-refractivity contribution in [2.75, 3.05) is 0 Å². The van der Waals surface area contributed by atoms with Crippen molar-refractivity contribution >= 4 is 35.4 Å². The van der Waals surface area contributed by atoms with Gasteiger partial charge in [-0.2, -0.15) is 0 Å². The van der Waals surface area contributed by atoms with Crippen LogP contribution in [-0.4, -0.2) is 15.0 Å². The van der Waals surface area contributed by atoms with Crippen LogP contribution >= 0.6 is 35.4 Å². The van der Waals surface area contributed by atoms with Crippen molar-refractivity contribution < 1.29 is 0 Å². The third-order valence-corrected chi connectivity index (χ3v) is 3.52. The van der Waals surface area contributed by atoms with Crippen molar-refractivity contribution in [3.8, 4) is 11.5 Å². The Morgan fingerprint density at radius 2 is 2.06 bits per heavy atom. The molecular weight excluding hydrogens is 289 g/mol. The van der Waals surface area contributed by atoms with Crippen LogP contribution in [0.4, 0.5) is 0 Å². The van der Waals surface area contributed by atoms with E-state index >= 15 is 0 Å². The lowest BCUT2D eigenvalue weighted by Crippen LogP contribution is -1.97. The van der Waals surface area contributed by atoms with Crippen LogP contribution in [0.1, 0.15) is 24.5 Å². The summed E-state index contributed by atoms with van der Waals surface area (Å²) >= 11 is 17.1. The highest BCUT2D eigenvalue weighted by molar-refractivity contribution is 7.71. The van der Waals surface area contributed by atoms with Gasteiger partial charge in [0.25, 0.3) is 0 Å². The molecule has 1 fully saturated rings. The largest absolute Gasteiger partial charge is 0.342 e. The molecule has 2 aromatic heterocycles. The summed E-state index contributed by atoms with van der Waals surface area (Å²) in [4.78, 5) is 11.7. The predicted octanol–water partition coefficient (Wildman–Crippen LogP) is 4.39. The Morgan fingerprint density at radius 1 is 1.28 bits per heavy atom. The molecule has 0 unspecified atom stereocenters. The van der Waals surface area contributed by atoms with E-state index < -0.39 is 0 Å². The number of hydrogen-bond acceptors (Lipinski definition) is 3. The van der Waals surface area contributed by atoms with Gasteiger partial charge < -0.3 is 4.98 Å². The summed E-state index contributed by atoms with van der Waals surface area (Å²) in [6, 6.07) is 3.55. The van der Waals surface area contributed by atoms with Gasteiger partial charge in [-0.15, -0.1) is 0 Å². The fourth-order valence-corrected chi connectivity index (χ4v) is 2.48. The molecular formula is C12H9Cl2N3S. The van der Waals surface area contributed by atoms with E-state index in [1.807, 2.05) is 6.07 Å². The van der Waals surface area contributed by atoms with Crippen molar-refractivity contribution in [1.29, 1.82) is 0 Å². The fraction of sp³-hybridized carbons (Fsp3) is 0.250. The summed E-state index contributed by atoms with van der Waals surface area (Å²) in [5.74, 6) is 1.17. The first-order valence-electron chi connectivity index (χ1n) is 5.56. The van der Waals surface area contributed by atoms with Crippen LogP contribution in [0.5, 0.6) is 0 Å². The maximum atomic E-state index is 6.12. The summed E-state index contributed by atoms with van der Waals surface area (Å²) in [6.45, 7) is 0. The Morgan fingerprint density at radius 3 is 2.72 bits per heavy atom. The van der Waals surface area contributed by atoms with Crippen LogP contribution in [-0.2, 0) is 0 Å². The monoisotopic (exact) mass is 297 g/mol. The maximum Gasteiger partial charge on any atom is 0.159 e. The molecule has 0 aromatic carbocycles. The topological polar surface area (TPSA) is 41.6 Å².